The highest BCUT2D eigenvalue weighted by Crippen LogP contribution is 2.25. The Morgan fingerprint density at radius 2 is 1.64 bits per heavy atom. The molecule has 3 fully saturated rings. The van der Waals surface area contributed by atoms with Crippen LogP contribution in [0.1, 0.15) is 6.42 Å². The first-order valence-corrected chi connectivity index (χ1v) is 3.06. The fourth-order valence-electron chi connectivity index (χ4n) is 1.21. The van der Waals surface area contributed by atoms with E-state index in [2.05, 4.69) is 0 Å². The molecule has 58 valence electrons. The zero-order chi connectivity index (χ0) is 8.17. The number of amides is 4. The molecular formula is C5H5N3O3. The summed E-state index contributed by atoms with van der Waals surface area (Å²) in [7, 11) is 0. The Hall–Kier alpha value is -1.43. The molecule has 3 rings (SSSR count). The SMILES string of the molecule is NC1N2C(=O)CC(=O)N1C2=O. The number of nitrogens with zero attached hydrogens (tertiary/aromatic N) is 2. The van der Waals surface area contributed by atoms with Crippen molar-refractivity contribution in [3.05, 3.63) is 0 Å². The van der Waals surface area contributed by atoms with E-state index in [0.717, 1.165) is 9.80 Å². The molecule has 6 nitrogen and oxygen atoms in total. The third-order valence-corrected chi connectivity index (χ3v) is 1.78. The van der Waals surface area contributed by atoms with Crippen molar-refractivity contribution in [3.8, 4) is 0 Å². The maximum absolute atomic E-state index is 10.8. The Morgan fingerprint density at radius 3 is 1.91 bits per heavy atom. The van der Waals surface area contributed by atoms with Crippen molar-refractivity contribution in [3.63, 3.8) is 0 Å². The fourth-order valence-corrected chi connectivity index (χ4v) is 1.21. The summed E-state index contributed by atoms with van der Waals surface area (Å²) < 4.78 is 0. The number of hydrogen-bond donors (Lipinski definition) is 1. The molecule has 0 aromatic carbocycles. The maximum Gasteiger partial charge on any atom is 0.339 e. The maximum atomic E-state index is 10.8. The van der Waals surface area contributed by atoms with Gasteiger partial charge >= 0.3 is 6.03 Å². The van der Waals surface area contributed by atoms with Crippen LogP contribution in [0, 0.1) is 0 Å². The van der Waals surface area contributed by atoms with Crippen LogP contribution in [0.4, 0.5) is 4.79 Å². The van der Waals surface area contributed by atoms with Gasteiger partial charge in [-0.15, -0.1) is 0 Å². The summed E-state index contributed by atoms with van der Waals surface area (Å²) in [4.78, 5) is 34.2. The second-order valence-corrected chi connectivity index (χ2v) is 2.40. The largest absolute Gasteiger partial charge is 0.339 e. The number of urea groups is 1. The highest BCUT2D eigenvalue weighted by molar-refractivity contribution is 6.18. The number of rotatable bonds is 0. The first-order valence-electron chi connectivity index (χ1n) is 3.06. The molecule has 0 atom stereocenters. The zero-order valence-corrected chi connectivity index (χ0v) is 5.48. The molecule has 0 aromatic heterocycles. The summed E-state index contributed by atoms with van der Waals surface area (Å²) in [6.07, 6.45) is -1.09. The van der Waals surface area contributed by atoms with E-state index >= 15 is 0 Å². The number of imide groups is 2. The smallest absolute Gasteiger partial charge is 0.293 e. The summed E-state index contributed by atoms with van der Waals surface area (Å²) >= 11 is 0. The molecule has 3 aliphatic heterocycles. The molecule has 2 N–H and O–H groups in total. The fraction of sp³-hybridized carbons (Fsp3) is 0.400. The van der Waals surface area contributed by atoms with Crippen molar-refractivity contribution < 1.29 is 14.4 Å². The Labute approximate surface area is 61.5 Å². The Morgan fingerprint density at radius 1 is 1.18 bits per heavy atom. The van der Waals surface area contributed by atoms with Gasteiger partial charge in [0.05, 0.1) is 0 Å². The highest BCUT2D eigenvalue weighted by atomic mass is 16.2. The van der Waals surface area contributed by atoms with Gasteiger partial charge in [-0.2, -0.15) is 0 Å². The van der Waals surface area contributed by atoms with E-state index in [1.807, 2.05) is 0 Å². The number of carbonyl (C=O) groups excluding carboxylic acids is 3. The molecule has 0 aromatic rings. The first kappa shape index (κ1) is 6.29. The van der Waals surface area contributed by atoms with E-state index < -0.39 is 24.1 Å². The molecule has 0 spiro atoms. The van der Waals surface area contributed by atoms with Gasteiger partial charge in [-0.3, -0.25) is 15.3 Å². The standard InChI is InChI=1S/C5H5N3O3/c6-4-7-2(9)1-3(10)8(4)5(7)11/h4H,1,6H2. The van der Waals surface area contributed by atoms with Crippen LogP contribution >= 0.6 is 0 Å². The minimum Gasteiger partial charge on any atom is -0.293 e. The van der Waals surface area contributed by atoms with Crippen LogP contribution in [0.2, 0.25) is 0 Å². The zero-order valence-electron chi connectivity index (χ0n) is 5.48. The van der Waals surface area contributed by atoms with Gasteiger partial charge in [0.2, 0.25) is 11.8 Å². The summed E-state index contributed by atoms with van der Waals surface area (Å²) in [6, 6.07) is -0.598. The molecular weight excluding hydrogens is 150 g/mol. The van der Waals surface area contributed by atoms with E-state index in [9.17, 15) is 14.4 Å². The van der Waals surface area contributed by atoms with Crippen molar-refractivity contribution in [2.24, 2.45) is 5.73 Å². The van der Waals surface area contributed by atoms with Crippen LogP contribution in [0.3, 0.4) is 0 Å². The molecule has 6 heteroatoms. The molecule has 2 bridgehead atoms. The Balaban J connectivity index is 2.37. The number of carbonyl (C=O) groups is 3. The monoisotopic (exact) mass is 155 g/mol. The third-order valence-electron chi connectivity index (χ3n) is 1.78. The Kier molecular flexibility index (Phi) is 0.910. The molecule has 3 aliphatic rings. The summed E-state index contributed by atoms with van der Waals surface area (Å²) in [5.41, 5.74) is 5.29. The molecule has 0 radical (unpaired) electrons. The lowest BCUT2D eigenvalue weighted by Gasteiger charge is -2.48. The van der Waals surface area contributed by atoms with E-state index in [1.165, 1.54) is 0 Å². The van der Waals surface area contributed by atoms with Crippen molar-refractivity contribution in [2.75, 3.05) is 0 Å². The minimum atomic E-state index is -0.851. The number of hydrogen-bond acceptors (Lipinski definition) is 4. The highest BCUT2D eigenvalue weighted by Gasteiger charge is 2.54. The van der Waals surface area contributed by atoms with Crippen molar-refractivity contribution in [1.82, 2.24) is 9.80 Å². The lowest BCUT2D eigenvalue weighted by molar-refractivity contribution is -0.162. The minimum absolute atomic E-state index is 0.237. The van der Waals surface area contributed by atoms with Crippen molar-refractivity contribution in [1.29, 1.82) is 0 Å². The molecule has 3 saturated heterocycles. The summed E-state index contributed by atoms with van der Waals surface area (Å²) in [5, 5.41) is 0. The van der Waals surface area contributed by atoms with E-state index in [4.69, 9.17) is 5.73 Å². The summed E-state index contributed by atoms with van der Waals surface area (Å²) in [6.45, 7) is 0. The van der Waals surface area contributed by atoms with Crippen molar-refractivity contribution in [2.45, 2.75) is 12.7 Å². The van der Waals surface area contributed by atoms with Crippen LogP contribution in [-0.2, 0) is 9.59 Å². The summed E-state index contributed by atoms with van der Waals surface area (Å²) in [5.74, 6) is -1.01. The Bertz CT molecular complexity index is 235. The van der Waals surface area contributed by atoms with Gasteiger partial charge in [0.1, 0.15) is 6.42 Å². The lowest BCUT2D eigenvalue weighted by Crippen LogP contribution is -2.78. The predicted octanol–water partition coefficient (Wildman–Crippen LogP) is -1.58. The lowest BCUT2D eigenvalue weighted by atomic mass is 10.2. The predicted molar refractivity (Wildman–Crippen MR) is 31.7 cm³/mol. The van der Waals surface area contributed by atoms with Gasteiger partial charge in [0.15, 0.2) is 6.29 Å². The second kappa shape index (κ2) is 1.59. The topological polar surface area (TPSA) is 83.7 Å². The van der Waals surface area contributed by atoms with Gasteiger partial charge in [0, 0.05) is 0 Å². The normalized spacial score (nSPS) is 24.3. The molecule has 11 heavy (non-hydrogen) atoms. The molecule has 0 unspecified atom stereocenters. The van der Waals surface area contributed by atoms with E-state index in [1.54, 1.807) is 0 Å². The third kappa shape index (κ3) is 0.524. The molecule has 3 heterocycles. The van der Waals surface area contributed by atoms with Crippen LogP contribution in [0.5, 0.6) is 0 Å². The van der Waals surface area contributed by atoms with E-state index in [0.29, 0.717) is 0 Å². The number of nitrogens with two attached hydrogens (primary N) is 1. The van der Waals surface area contributed by atoms with Crippen molar-refractivity contribution >= 4 is 17.8 Å². The average Bonchev–Trinajstić information content (AvgIpc) is 1.84. The van der Waals surface area contributed by atoms with Crippen LogP contribution < -0.4 is 5.73 Å². The molecule has 0 aliphatic carbocycles. The van der Waals surface area contributed by atoms with Crippen LogP contribution in [0.25, 0.3) is 0 Å². The van der Waals surface area contributed by atoms with Gasteiger partial charge in [-0.05, 0) is 0 Å². The van der Waals surface area contributed by atoms with Gasteiger partial charge in [-0.25, -0.2) is 14.6 Å². The van der Waals surface area contributed by atoms with Crippen LogP contribution in [0.15, 0.2) is 0 Å². The van der Waals surface area contributed by atoms with Gasteiger partial charge < -0.3 is 0 Å². The molecule has 0 saturated carbocycles. The molecule has 4 amide bonds. The van der Waals surface area contributed by atoms with E-state index in [-0.39, 0.29) is 6.42 Å². The van der Waals surface area contributed by atoms with Crippen LogP contribution in [-0.4, -0.2) is 33.9 Å². The van der Waals surface area contributed by atoms with Gasteiger partial charge in [-0.1, -0.05) is 0 Å². The van der Waals surface area contributed by atoms with Gasteiger partial charge in [0.25, 0.3) is 0 Å². The number of barbiturate groups is 1. The second-order valence-electron chi connectivity index (χ2n) is 2.40. The first-order chi connectivity index (χ1) is 5.13. The number of fused-ring (bicyclic) bond motifs is 2. The average molecular weight is 155 g/mol. The quantitative estimate of drug-likeness (QED) is 0.428.